The van der Waals surface area contributed by atoms with Crippen LogP contribution in [0.1, 0.15) is 5.56 Å². The number of halogens is 3. The number of amides is 1. The molecule has 0 atom stereocenters. The number of ether oxygens (including phenoxy) is 2. The first-order valence-electron chi connectivity index (χ1n) is 7.34. The van der Waals surface area contributed by atoms with Crippen molar-refractivity contribution in [2.45, 2.75) is 12.8 Å². The van der Waals surface area contributed by atoms with Crippen molar-refractivity contribution < 1.29 is 27.4 Å². The van der Waals surface area contributed by atoms with E-state index in [4.69, 9.17) is 4.74 Å². The molecule has 1 N–H and O–H groups in total. The van der Waals surface area contributed by atoms with Crippen LogP contribution in [0.15, 0.2) is 61.2 Å². The Bertz CT molecular complexity index is 727. The molecule has 0 saturated carbocycles. The van der Waals surface area contributed by atoms with Gasteiger partial charge in [0.25, 0.3) is 5.91 Å². The van der Waals surface area contributed by atoms with Crippen LogP contribution in [0.25, 0.3) is 0 Å². The van der Waals surface area contributed by atoms with Gasteiger partial charge in [-0.3, -0.25) is 4.79 Å². The highest BCUT2D eigenvalue weighted by Gasteiger charge is 2.30. The minimum absolute atomic E-state index is 0.227. The summed E-state index contributed by atoms with van der Waals surface area (Å²) >= 11 is 0. The highest BCUT2D eigenvalue weighted by atomic mass is 19.4. The minimum atomic E-state index is -4.75. The lowest BCUT2D eigenvalue weighted by molar-refractivity contribution is -0.274. The molecular formula is C18H16F3NO3. The first kappa shape index (κ1) is 18.4. The summed E-state index contributed by atoms with van der Waals surface area (Å²) in [5, 5.41) is 2.53. The number of alkyl halides is 3. The van der Waals surface area contributed by atoms with E-state index in [1.54, 1.807) is 18.2 Å². The zero-order valence-corrected chi connectivity index (χ0v) is 13.2. The number of hydrogen-bond acceptors (Lipinski definition) is 3. The van der Waals surface area contributed by atoms with Crippen LogP contribution in [-0.2, 0) is 11.2 Å². The fourth-order valence-corrected chi connectivity index (χ4v) is 2.05. The Labute approximate surface area is 142 Å². The second-order valence-corrected chi connectivity index (χ2v) is 5.01. The van der Waals surface area contributed by atoms with Gasteiger partial charge in [0.15, 0.2) is 6.61 Å². The molecule has 7 heteroatoms. The molecule has 2 aromatic carbocycles. The summed E-state index contributed by atoms with van der Waals surface area (Å²) < 4.78 is 45.5. The SMILES string of the molecule is C=CCc1ccccc1OCC(=O)Nc1ccc(OC(F)(F)F)cc1. The van der Waals surface area contributed by atoms with E-state index in [2.05, 4.69) is 16.6 Å². The third-order valence-electron chi connectivity index (χ3n) is 3.07. The number of allylic oxidation sites excluding steroid dienone is 1. The maximum atomic E-state index is 12.1. The molecule has 0 saturated heterocycles. The summed E-state index contributed by atoms with van der Waals surface area (Å²) in [6, 6.07) is 12.1. The van der Waals surface area contributed by atoms with E-state index in [-0.39, 0.29) is 12.4 Å². The number of carbonyl (C=O) groups is 1. The van der Waals surface area contributed by atoms with Crippen molar-refractivity contribution in [1.29, 1.82) is 0 Å². The molecule has 0 aromatic heterocycles. The fourth-order valence-electron chi connectivity index (χ4n) is 2.05. The summed E-state index contributed by atoms with van der Waals surface area (Å²) in [7, 11) is 0. The van der Waals surface area contributed by atoms with Crippen LogP contribution < -0.4 is 14.8 Å². The number of para-hydroxylation sites is 1. The lowest BCUT2D eigenvalue weighted by atomic mass is 10.1. The first-order chi connectivity index (χ1) is 11.9. The molecule has 2 rings (SSSR count). The molecule has 1 amide bonds. The number of nitrogens with one attached hydrogen (secondary N) is 1. The normalized spacial score (nSPS) is 10.8. The molecule has 0 radical (unpaired) electrons. The topological polar surface area (TPSA) is 47.6 Å². The summed E-state index contributed by atoms with van der Waals surface area (Å²) in [6.07, 6.45) is -2.41. The Hall–Kier alpha value is -2.96. The first-order valence-corrected chi connectivity index (χ1v) is 7.34. The highest BCUT2D eigenvalue weighted by Crippen LogP contribution is 2.24. The van der Waals surface area contributed by atoms with Crippen molar-refractivity contribution in [3.63, 3.8) is 0 Å². The second-order valence-electron chi connectivity index (χ2n) is 5.01. The Kier molecular flexibility index (Phi) is 6.05. The van der Waals surface area contributed by atoms with E-state index >= 15 is 0 Å². The van der Waals surface area contributed by atoms with Crippen molar-refractivity contribution in [3.8, 4) is 11.5 Å². The molecule has 132 valence electrons. The molecule has 2 aromatic rings. The number of anilines is 1. The van der Waals surface area contributed by atoms with E-state index in [0.717, 1.165) is 17.7 Å². The van der Waals surface area contributed by atoms with Crippen molar-refractivity contribution >= 4 is 11.6 Å². The molecule has 0 aliphatic rings. The van der Waals surface area contributed by atoms with Gasteiger partial charge in [-0.15, -0.1) is 19.8 Å². The smallest absolute Gasteiger partial charge is 0.483 e. The summed E-state index contributed by atoms with van der Waals surface area (Å²) in [4.78, 5) is 11.9. The van der Waals surface area contributed by atoms with Crippen molar-refractivity contribution in [3.05, 3.63) is 66.7 Å². The van der Waals surface area contributed by atoms with Gasteiger partial charge in [0.2, 0.25) is 0 Å². The molecule has 0 bridgehead atoms. The van der Waals surface area contributed by atoms with Gasteiger partial charge in [-0.2, -0.15) is 0 Å². The van der Waals surface area contributed by atoms with Gasteiger partial charge in [0.1, 0.15) is 11.5 Å². The number of benzene rings is 2. The largest absolute Gasteiger partial charge is 0.573 e. The molecular weight excluding hydrogens is 335 g/mol. The Morgan fingerprint density at radius 2 is 1.80 bits per heavy atom. The van der Waals surface area contributed by atoms with Crippen LogP contribution in [0.2, 0.25) is 0 Å². The van der Waals surface area contributed by atoms with E-state index in [1.165, 1.54) is 12.1 Å². The van der Waals surface area contributed by atoms with E-state index in [0.29, 0.717) is 17.9 Å². The highest BCUT2D eigenvalue weighted by molar-refractivity contribution is 5.91. The molecule has 4 nitrogen and oxygen atoms in total. The second kappa shape index (κ2) is 8.23. The summed E-state index contributed by atoms with van der Waals surface area (Å²) in [5.41, 5.74) is 1.24. The Balaban J connectivity index is 1.89. The predicted octanol–water partition coefficient (Wildman–Crippen LogP) is 4.33. The lowest BCUT2D eigenvalue weighted by Crippen LogP contribution is -2.20. The van der Waals surface area contributed by atoms with Crippen LogP contribution in [-0.4, -0.2) is 18.9 Å². The van der Waals surface area contributed by atoms with Crippen LogP contribution >= 0.6 is 0 Å². The van der Waals surface area contributed by atoms with Crippen molar-refractivity contribution in [2.75, 3.05) is 11.9 Å². The Morgan fingerprint density at radius 3 is 2.44 bits per heavy atom. The van der Waals surface area contributed by atoms with Crippen LogP contribution in [0.4, 0.5) is 18.9 Å². The van der Waals surface area contributed by atoms with E-state index in [9.17, 15) is 18.0 Å². The molecule has 25 heavy (non-hydrogen) atoms. The van der Waals surface area contributed by atoms with Crippen LogP contribution in [0.3, 0.4) is 0 Å². The third kappa shape index (κ3) is 6.21. The van der Waals surface area contributed by atoms with Crippen molar-refractivity contribution in [1.82, 2.24) is 0 Å². The molecule has 0 fully saturated rings. The summed E-state index contributed by atoms with van der Waals surface area (Å²) in [6.45, 7) is 3.43. The predicted molar refractivity (Wildman–Crippen MR) is 87.6 cm³/mol. The standard InChI is InChI=1S/C18H16F3NO3/c1-2-5-13-6-3-4-7-16(13)24-12-17(23)22-14-8-10-15(11-9-14)25-18(19,20)21/h2-4,6-11H,1,5,12H2,(H,22,23). The molecule has 0 unspecified atom stereocenters. The van der Waals surface area contributed by atoms with Gasteiger partial charge in [0.05, 0.1) is 0 Å². The van der Waals surface area contributed by atoms with Crippen LogP contribution in [0, 0.1) is 0 Å². The van der Waals surface area contributed by atoms with Crippen molar-refractivity contribution in [2.24, 2.45) is 0 Å². The number of rotatable bonds is 7. The maximum Gasteiger partial charge on any atom is 0.573 e. The van der Waals surface area contributed by atoms with Gasteiger partial charge < -0.3 is 14.8 Å². The molecule has 0 heterocycles. The number of hydrogen-bond donors (Lipinski definition) is 1. The third-order valence-corrected chi connectivity index (χ3v) is 3.07. The van der Waals surface area contributed by atoms with Gasteiger partial charge in [0, 0.05) is 5.69 Å². The molecule has 0 aliphatic heterocycles. The van der Waals surface area contributed by atoms with Gasteiger partial charge >= 0.3 is 6.36 Å². The molecule has 0 spiro atoms. The van der Waals surface area contributed by atoms with Crippen LogP contribution in [0.5, 0.6) is 11.5 Å². The molecule has 0 aliphatic carbocycles. The number of carbonyl (C=O) groups excluding carboxylic acids is 1. The monoisotopic (exact) mass is 351 g/mol. The summed E-state index contributed by atoms with van der Waals surface area (Å²) in [5.74, 6) is -0.218. The average Bonchev–Trinajstić information content (AvgIpc) is 2.55. The quantitative estimate of drug-likeness (QED) is 0.755. The van der Waals surface area contributed by atoms with Gasteiger partial charge in [-0.25, -0.2) is 0 Å². The maximum absolute atomic E-state index is 12.1. The van der Waals surface area contributed by atoms with Gasteiger partial charge in [-0.1, -0.05) is 24.3 Å². The average molecular weight is 351 g/mol. The van der Waals surface area contributed by atoms with E-state index in [1.807, 2.05) is 12.1 Å². The minimum Gasteiger partial charge on any atom is -0.483 e. The van der Waals surface area contributed by atoms with E-state index < -0.39 is 12.3 Å². The Morgan fingerprint density at radius 1 is 1.12 bits per heavy atom. The zero-order valence-electron chi connectivity index (χ0n) is 13.2. The fraction of sp³-hybridized carbons (Fsp3) is 0.167. The zero-order chi connectivity index (χ0) is 18.3. The van der Waals surface area contributed by atoms with Gasteiger partial charge in [-0.05, 0) is 42.3 Å². The lowest BCUT2D eigenvalue weighted by Gasteiger charge is -2.11.